The molecule has 0 bridgehead atoms. The summed E-state index contributed by atoms with van der Waals surface area (Å²) in [6.07, 6.45) is 0. The van der Waals surface area contributed by atoms with Crippen LogP contribution in [0.2, 0.25) is 0 Å². The highest BCUT2D eigenvalue weighted by atomic mass is 16.5. The zero-order chi connectivity index (χ0) is 15.7. The highest BCUT2D eigenvalue weighted by Crippen LogP contribution is 2.28. The number of nitrogens with zero attached hydrogens (tertiary/aromatic N) is 1. The molecule has 3 nitrogen and oxygen atoms in total. The van der Waals surface area contributed by atoms with Crippen molar-refractivity contribution in [3.8, 4) is 11.5 Å². The summed E-state index contributed by atoms with van der Waals surface area (Å²) in [6, 6.07) is 15.8. The number of aryl methyl sites for hydroxylation is 1. The molecule has 3 rings (SSSR count). The van der Waals surface area contributed by atoms with Crippen LogP contribution in [0.4, 0.5) is 0 Å². The first-order valence-electron chi connectivity index (χ1n) is 7.57. The summed E-state index contributed by atoms with van der Waals surface area (Å²) < 4.78 is 8.18. The second kappa shape index (κ2) is 5.76. The molecule has 3 aromatic rings. The summed E-state index contributed by atoms with van der Waals surface area (Å²) in [5.74, 6) is 0.898. The fraction of sp³-hybridized carbons (Fsp3) is 0.263. The number of aromatic nitrogens is 1. The Morgan fingerprint density at radius 3 is 2.59 bits per heavy atom. The number of fused-ring (bicyclic) bond motifs is 1. The van der Waals surface area contributed by atoms with Crippen LogP contribution in [-0.4, -0.2) is 9.67 Å². The quantitative estimate of drug-likeness (QED) is 0.749. The van der Waals surface area contributed by atoms with Gasteiger partial charge in [0.05, 0.1) is 11.2 Å². The number of phenolic OH excluding ortho intramolecular Hbond substituents is 1. The molecule has 0 saturated heterocycles. The minimum Gasteiger partial charge on any atom is -0.508 e. The number of ether oxygens (including phenoxy) is 1. The fourth-order valence-electron chi connectivity index (χ4n) is 2.95. The van der Waals surface area contributed by atoms with Crippen LogP contribution in [0, 0.1) is 6.92 Å². The SMILES string of the molecule is Cc1cccc2cc(COc3cccc(O)c3)n(C(C)C)c12. The lowest BCUT2D eigenvalue weighted by atomic mass is 10.1. The average Bonchev–Trinajstić information content (AvgIpc) is 2.85. The van der Waals surface area contributed by atoms with Crippen LogP contribution in [0.15, 0.2) is 48.5 Å². The van der Waals surface area contributed by atoms with E-state index in [9.17, 15) is 5.11 Å². The topological polar surface area (TPSA) is 34.4 Å². The van der Waals surface area contributed by atoms with Gasteiger partial charge in [-0.1, -0.05) is 24.3 Å². The van der Waals surface area contributed by atoms with Gasteiger partial charge in [-0.15, -0.1) is 0 Å². The first-order chi connectivity index (χ1) is 10.6. The molecule has 0 aliphatic rings. The molecule has 3 heteroatoms. The van der Waals surface area contributed by atoms with Gasteiger partial charge in [-0.05, 0) is 44.5 Å². The third-order valence-corrected chi connectivity index (χ3v) is 3.86. The van der Waals surface area contributed by atoms with Gasteiger partial charge in [0.25, 0.3) is 0 Å². The number of hydrogen-bond donors (Lipinski definition) is 1. The van der Waals surface area contributed by atoms with Crippen molar-refractivity contribution in [2.45, 2.75) is 33.4 Å². The third kappa shape index (κ3) is 2.67. The van der Waals surface area contributed by atoms with Gasteiger partial charge in [-0.2, -0.15) is 0 Å². The van der Waals surface area contributed by atoms with E-state index in [4.69, 9.17) is 4.74 Å². The number of rotatable bonds is 4. The maximum absolute atomic E-state index is 9.52. The van der Waals surface area contributed by atoms with Crippen molar-refractivity contribution < 1.29 is 9.84 Å². The Bertz CT molecular complexity index is 802. The normalized spacial score (nSPS) is 11.3. The predicted octanol–water partition coefficient (Wildman–Crippen LogP) is 4.82. The molecule has 1 aromatic heterocycles. The molecular formula is C19H21NO2. The van der Waals surface area contributed by atoms with Crippen molar-refractivity contribution in [1.29, 1.82) is 0 Å². The molecule has 1 N–H and O–H groups in total. The van der Waals surface area contributed by atoms with E-state index in [1.807, 2.05) is 6.07 Å². The molecule has 2 aromatic carbocycles. The standard InChI is InChI=1S/C19H21NO2/c1-13(2)20-16(10-15-7-4-6-14(3)19(15)20)12-22-18-9-5-8-17(21)11-18/h4-11,13,21H,12H2,1-3H3. The van der Waals surface area contributed by atoms with E-state index in [0.717, 1.165) is 5.69 Å². The lowest BCUT2D eigenvalue weighted by Crippen LogP contribution is -2.08. The Morgan fingerprint density at radius 1 is 1.09 bits per heavy atom. The van der Waals surface area contributed by atoms with E-state index < -0.39 is 0 Å². The molecule has 0 aliphatic heterocycles. The van der Waals surface area contributed by atoms with E-state index in [-0.39, 0.29) is 5.75 Å². The van der Waals surface area contributed by atoms with Crippen molar-refractivity contribution in [3.63, 3.8) is 0 Å². The summed E-state index contributed by atoms with van der Waals surface area (Å²) in [6.45, 7) is 6.99. The zero-order valence-corrected chi connectivity index (χ0v) is 13.2. The lowest BCUT2D eigenvalue weighted by Gasteiger charge is -2.16. The third-order valence-electron chi connectivity index (χ3n) is 3.86. The van der Waals surface area contributed by atoms with Crippen LogP contribution >= 0.6 is 0 Å². The Balaban J connectivity index is 1.96. The Hall–Kier alpha value is -2.42. The number of aromatic hydroxyl groups is 1. The van der Waals surface area contributed by atoms with Gasteiger partial charge in [-0.3, -0.25) is 0 Å². The molecular weight excluding hydrogens is 274 g/mol. The van der Waals surface area contributed by atoms with Crippen LogP contribution in [0.5, 0.6) is 11.5 Å². The molecule has 22 heavy (non-hydrogen) atoms. The van der Waals surface area contributed by atoms with Crippen LogP contribution < -0.4 is 4.74 Å². The first kappa shape index (κ1) is 14.5. The molecule has 0 unspecified atom stereocenters. The summed E-state index contributed by atoms with van der Waals surface area (Å²) in [5, 5.41) is 10.8. The largest absolute Gasteiger partial charge is 0.508 e. The molecule has 0 spiro atoms. The highest BCUT2D eigenvalue weighted by Gasteiger charge is 2.13. The van der Waals surface area contributed by atoms with E-state index >= 15 is 0 Å². The van der Waals surface area contributed by atoms with E-state index in [0.29, 0.717) is 18.4 Å². The second-order valence-electron chi connectivity index (χ2n) is 5.90. The van der Waals surface area contributed by atoms with E-state index in [2.05, 4.69) is 49.6 Å². The fourth-order valence-corrected chi connectivity index (χ4v) is 2.95. The molecule has 0 aliphatic carbocycles. The second-order valence-corrected chi connectivity index (χ2v) is 5.90. The van der Waals surface area contributed by atoms with Crippen LogP contribution in [-0.2, 0) is 6.61 Å². The maximum Gasteiger partial charge on any atom is 0.128 e. The number of benzene rings is 2. The smallest absolute Gasteiger partial charge is 0.128 e. The highest BCUT2D eigenvalue weighted by molar-refractivity contribution is 5.84. The Kier molecular flexibility index (Phi) is 3.80. The minimum atomic E-state index is 0.220. The predicted molar refractivity (Wildman–Crippen MR) is 89.5 cm³/mol. The van der Waals surface area contributed by atoms with Crippen molar-refractivity contribution in [1.82, 2.24) is 4.57 Å². The van der Waals surface area contributed by atoms with Crippen LogP contribution in [0.1, 0.15) is 31.1 Å². The number of phenols is 1. The molecule has 0 atom stereocenters. The van der Waals surface area contributed by atoms with Crippen molar-refractivity contribution in [3.05, 3.63) is 59.8 Å². The Morgan fingerprint density at radius 2 is 1.86 bits per heavy atom. The summed E-state index contributed by atoms with van der Waals surface area (Å²) in [5.41, 5.74) is 3.68. The van der Waals surface area contributed by atoms with Gasteiger partial charge in [0.1, 0.15) is 18.1 Å². The van der Waals surface area contributed by atoms with Gasteiger partial charge < -0.3 is 14.4 Å². The van der Waals surface area contributed by atoms with Gasteiger partial charge in [-0.25, -0.2) is 0 Å². The van der Waals surface area contributed by atoms with Gasteiger partial charge in [0, 0.05) is 17.5 Å². The van der Waals surface area contributed by atoms with E-state index in [1.165, 1.54) is 16.5 Å². The molecule has 114 valence electrons. The van der Waals surface area contributed by atoms with Gasteiger partial charge in [0.2, 0.25) is 0 Å². The molecule has 0 fully saturated rings. The molecule has 0 amide bonds. The van der Waals surface area contributed by atoms with Crippen LogP contribution in [0.3, 0.4) is 0 Å². The Labute approximate surface area is 130 Å². The van der Waals surface area contributed by atoms with Crippen molar-refractivity contribution in [2.24, 2.45) is 0 Å². The van der Waals surface area contributed by atoms with E-state index in [1.54, 1.807) is 18.2 Å². The maximum atomic E-state index is 9.52. The minimum absolute atomic E-state index is 0.220. The summed E-state index contributed by atoms with van der Waals surface area (Å²) >= 11 is 0. The first-order valence-corrected chi connectivity index (χ1v) is 7.57. The number of hydrogen-bond acceptors (Lipinski definition) is 2. The van der Waals surface area contributed by atoms with Crippen LogP contribution in [0.25, 0.3) is 10.9 Å². The average molecular weight is 295 g/mol. The molecule has 0 saturated carbocycles. The lowest BCUT2D eigenvalue weighted by molar-refractivity contribution is 0.291. The van der Waals surface area contributed by atoms with Gasteiger partial charge in [0.15, 0.2) is 0 Å². The monoisotopic (exact) mass is 295 g/mol. The summed E-state index contributed by atoms with van der Waals surface area (Å²) in [4.78, 5) is 0. The van der Waals surface area contributed by atoms with Crippen molar-refractivity contribution in [2.75, 3.05) is 0 Å². The molecule has 0 radical (unpaired) electrons. The molecule has 1 heterocycles. The zero-order valence-electron chi connectivity index (χ0n) is 13.2. The number of para-hydroxylation sites is 1. The summed E-state index contributed by atoms with van der Waals surface area (Å²) in [7, 11) is 0. The van der Waals surface area contributed by atoms with Crippen molar-refractivity contribution >= 4 is 10.9 Å². The van der Waals surface area contributed by atoms with Gasteiger partial charge >= 0.3 is 0 Å².